The van der Waals surface area contributed by atoms with Crippen LogP contribution in [0.2, 0.25) is 0 Å². The van der Waals surface area contributed by atoms with E-state index < -0.39 is 6.10 Å². The molecule has 0 spiro atoms. The van der Waals surface area contributed by atoms with E-state index >= 15 is 0 Å². The SMILES string of the molecule is CCCC/C=C\CCCCCCCC(=O)OCC(COC(=O)CCCCCCCCCCCCCCCCCCCCCCCCCCCCCCCCC)OC(=O)CCCCCCC/C=C\CCCCCC. The first-order valence-corrected chi connectivity index (χ1v) is 32.8. The molecule has 6 nitrogen and oxygen atoms in total. The Bertz CT molecular complexity index is 1180. The molecule has 0 heterocycles. The molecule has 0 saturated heterocycles. The molecule has 1 atom stereocenters. The van der Waals surface area contributed by atoms with Gasteiger partial charge in [0.2, 0.25) is 0 Å². The molecule has 430 valence electrons. The largest absolute Gasteiger partial charge is 0.462 e. The molecule has 6 heteroatoms. The predicted octanol–water partition coefficient (Wildman–Crippen LogP) is 22.2. The van der Waals surface area contributed by atoms with Crippen molar-refractivity contribution >= 4 is 17.9 Å². The van der Waals surface area contributed by atoms with Gasteiger partial charge >= 0.3 is 17.9 Å². The lowest BCUT2D eigenvalue weighted by atomic mass is 10.0. The number of carbonyl (C=O) groups excluding carboxylic acids is 3. The standard InChI is InChI=1S/C67H126O6/c1-4-7-10-13-16-19-22-24-25-26-27-28-29-30-31-32-33-34-35-36-37-38-39-40-41-43-45-48-51-54-57-60-66(69)72-63-64(62-71-65(68)59-56-53-50-47-44-21-18-15-12-9-6-3)73-67(70)61-58-55-52-49-46-42-23-20-17-14-11-8-5-2/h15,18,20,23,64H,4-14,16-17,19,21-22,24-63H2,1-3H3/b18-15-,23-20-. The van der Waals surface area contributed by atoms with E-state index in [0.717, 1.165) is 70.6 Å². The molecular weight excluding hydrogens is 901 g/mol. The van der Waals surface area contributed by atoms with Crippen LogP contribution in [-0.2, 0) is 28.6 Å². The van der Waals surface area contributed by atoms with E-state index in [1.807, 2.05) is 0 Å². The van der Waals surface area contributed by atoms with Gasteiger partial charge in [0.1, 0.15) is 13.2 Å². The highest BCUT2D eigenvalue weighted by Crippen LogP contribution is 2.18. The summed E-state index contributed by atoms with van der Waals surface area (Å²) >= 11 is 0. The summed E-state index contributed by atoms with van der Waals surface area (Å²) in [5.74, 6) is -0.871. The molecule has 0 aromatic rings. The summed E-state index contributed by atoms with van der Waals surface area (Å²) < 4.78 is 16.9. The van der Waals surface area contributed by atoms with E-state index in [0.29, 0.717) is 19.3 Å². The van der Waals surface area contributed by atoms with Crippen LogP contribution >= 0.6 is 0 Å². The molecule has 0 aromatic heterocycles. The van der Waals surface area contributed by atoms with E-state index in [1.165, 1.54) is 257 Å². The molecule has 0 amide bonds. The Balaban J connectivity index is 4.03. The van der Waals surface area contributed by atoms with Gasteiger partial charge in [0, 0.05) is 19.3 Å². The minimum absolute atomic E-state index is 0.0729. The second-order valence-corrected chi connectivity index (χ2v) is 22.4. The van der Waals surface area contributed by atoms with Crippen molar-refractivity contribution in [1.82, 2.24) is 0 Å². The summed E-state index contributed by atoms with van der Waals surface area (Å²) in [5, 5.41) is 0. The monoisotopic (exact) mass is 1030 g/mol. The zero-order chi connectivity index (χ0) is 52.9. The number of unbranched alkanes of at least 4 members (excludes halogenated alkanes) is 46. The van der Waals surface area contributed by atoms with Gasteiger partial charge in [-0.1, -0.05) is 308 Å². The van der Waals surface area contributed by atoms with Gasteiger partial charge in [-0.05, 0) is 64.2 Å². The minimum atomic E-state index is -0.775. The van der Waals surface area contributed by atoms with Crippen molar-refractivity contribution in [3.05, 3.63) is 24.3 Å². The Hall–Kier alpha value is -2.11. The Morgan fingerprint density at radius 2 is 0.466 bits per heavy atom. The molecule has 0 rings (SSSR count). The van der Waals surface area contributed by atoms with E-state index in [9.17, 15) is 14.4 Å². The highest BCUT2D eigenvalue weighted by atomic mass is 16.6. The van der Waals surface area contributed by atoms with Crippen molar-refractivity contribution in [2.24, 2.45) is 0 Å². The number of esters is 3. The van der Waals surface area contributed by atoms with Gasteiger partial charge in [0.15, 0.2) is 6.10 Å². The second-order valence-electron chi connectivity index (χ2n) is 22.4. The number of allylic oxidation sites excluding steroid dienone is 4. The van der Waals surface area contributed by atoms with Gasteiger partial charge in [-0.3, -0.25) is 14.4 Å². The van der Waals surface area contributed by atoms with Crippen LogP contribution in [0.15, 0.2) is 24.3 Å². The van der Waals surface area contributed by atoms with Crippen molar-refractivity contribution in [3.63, 3.8) is 0 Å². The molecule has 73 heavy (non-hydrogen) atoms. The number of carbonyl (C=O) groups is 3. The number of rotatable bonds is 61. The maximum atomic E-state index is 12.8. The third-order valence-electron chi connectivity index (χ3n) is 14.9. The first-order valence-electron chi connectivity index (χ1n) is 32.8. The van der Waals surface area contributed by atoms with Crippen LogP contribution in [0.4, 0.5) is 0 Å². The zero-order valence-electron chi connectivity index (χ0n) is 49.4. The van der Waals surface area contributed by atoms with Crippen LogP contribution in [0.1, 0.15) is 367 Å². The Labute approximate surface area is 455 Å². The van der Waals surface area contributed by atoms with Crippen LogP contribution < -0.4 is 0 Å². The average molecular weight is 1030 g/mol. The summed E-state index contributed by atoms with van der Waals surface area (Å²) in [4.78, 5) is 38.1. The van der Waals surface area contributed by atoms with Crippen LogP contribution in [0.5, 0.6) is 0 Å². The molecule has 0 aliphatic rings. The normalized spacial score (nSPS) is 12.1. The molecule has 0 N–H and O–H groups in total. The fourth-order valence-electron chi connectivity index (χ4n) is 9.95. The van der Waals surface area contributed by atoms with E-state index in [2.05, 4.69) is 45.1 Å². The van der Waals surface area contributed by atoms with E-state index in [-0.39, 0.29) is 31.1 Å². The van der Waals surface area contributed by atoms with Crippen LogP contribution in [0.25, 0.3) is 0 Å². The Morgan fingerprint density at radius 3 is 0.740 bits per heavy atom. The molecule has 0 aliphatic heterocycles. The zero-order valence-corrected chi connectivity index (χ0v) is 49.4. The molecule has 0 radical (unpaired) electrons. The lowest BCUT2D eigenvalue weighted by Gasteiger charge is -2.18. The Morgan fingerprint density at radius 1 is 0.260 bits per heavy atom. The fraction of sp³-hybridized carbons (Fsp3) is 0.896. The molecule has 1 unspecified atom stereocenters. The van der Waals surface area contributed by atoms with E-state index in [4.69, 9.17) is 14.2 Å². The quantitative estimate of drug-likeness (QED) is 0.0261. The highest BCUT2D eigenvalue weighted by Gasteiger charge is 2.19. The van der Waals surface area contributed by atoms with Crippen molar-refractivity contribution in [2.75, 3.05) is 13.2 Å². The van der Waals surface area contributed by atoms with E-state index in [1.54, 1.807) is 0 Å². The third-order valence-corrected chi connectivity index (χ3v) is 14.9. The first kappa shape index (κ1) is 70.9. The number of hydrogen-bond donors (Lipinski definition) is 0. The Kier molecular flexibility index (Phi) is 60.6. The number of hydrogen-bond acceptors (Lipinski definition) is 6. The highest BCUT2D eigenvalue weighted by molar-refractivity contribution is 5.71. The van der Waals surface area contributed by atoms with Gasteiger partial charge < -0.3 is 14.2 Å². The minimum Gasteiger partial charge on any atom is -0.462 e. The van der Waals surface area contributed by atoms with Gasteiger partial charge in [-0.25, -0.2) is 0 Å². The van der Waals surface area contributed by atoms with Crippen molar-refractivity contribution in [1.29, 1.82) is 0 Å². The predicted molar refractivity (Wildman–Crippen MR) is 316 cm³/mol. The summed E-state index contributed by atoms with van der Waals surface area (Å²) in [6.07, 6.45) is 75.1. The smallest absolute Gasteiger partial charge is 0.306 e. The molecule has 0 aliphatic carbocycles. The summed E-state index contributed by atoms with van der Waals surface area (Å²) in [7, 11) is 0. The van der Waals surface area contributed by atoms with Crippen LogP contribution in [-0.4, -0.2) is 37.2 Å². The van der Waals surface area contributed by atoms with Crippen LogP contribution in [0, 0.1) is 0 Å². The summed E-state index contributed by atoms with van der Waals surface area (Å²) in [6, 6.07) is 0. The average Bonchev–Trinajstić information content (AvgIpc) is 3.39. The number of ether oxygens (including phenoxy) is 3. The summed E-state index contributed by atoms with van der Waals surface area (Å²) in [6.45, 7) is 6.63. The van der Waals surface area contributed by atoms with Gasteiger partial charge in [-0.2, -0.15) is 0 Å². The molecular formula is C67H126O6. The van der Waals surface area contributed by atoms with Gasteiger partial charge in [0.25, 0.3) is 0 Å². The maximum Gasteiger partial charge on any atom is 0.306 e. The third kappa shape index (κ3) is 60.6. The topological polar surface area (TPSA) is 78.9 Å². The first-order chi connectivity index (χ1) is 36.0. The van der Waals surface area contributed by atoms with Crippen molar-refractivity contribution in [3.8, 4) is 0 Å². The molecule has 0 bridgehead atoms. The molecule has 0 saturated carbocycles. The van der Waals surface area contributed by atoms with Crippen molar-refractivity contribution in [2.45, 2.75) is 374 Å². The van der Waals surface area contributed by atoms with Gasteiger partial charge in [-0.15, -0.1) is 0 Å². The molecule has 0 fully saturated rings. The summed E-state index contributed by atoms with van der Waals surface area (Å²) in [5.41, 5.74) is 0. The van der Waals surface area contributed by atoms with Crippen LogP contribution in [0.3, 0.4) is 0 Å². The maximum absolute atomic E-state index is 12.8. The van der Waals surface area contributed by atoms with Crippen molar-refractivity contribution < 1.29 is 28.6 Å². The second kappa shape index (κ2) is 62.4. The lowest BCUT2D eigenvalue weighted by Crippen LogP contribution is -2.30. The van der Waals surface area contributed by atoms with Gasteiger partial charge in [0.05, 0.1) is 0 Å². The molecule has 0 aromatic carbocycles. The fourth-order valence-corrected chi connectivity index (χ4v) is 9.95. The lowest BCUT2D eigenvalue weighted by molar-refractivity contribution is -0.167.